The van der Waals surface area contributed by atoms with E-state index in [-0.39, 0.29) is 11.9 Å². The van der Waals surface area contributed by atoms with Crippen molar-refractivity contribution in [1.82, 2.24) is 14.7 Å². The Bertz CT molecular complexity index is 733. The molecule has 0 bridgehead atoms. The van der Waals surface area contributed by atoms with Crippen LogP contribution in [0.3, 0.4) is 0 Å². The molecule has 2 heterocycles. The Morgan fingerprint density at radius 3 is 2.71 bits per heavy atom. The van der Waals surface area contributed by atoms with Crippen LogP contribution >= 0.6 is 12.2 Å². The monoisotopic (exact) mass is 347 g/mol. The van der Waals surface area contributed by atoms with E-state index in [2.05, 4.69) is 10.00 Å². The highest BCUT2D eigenvalue weighted by Crippen LogP contribution is 2.21. The molecule has 1 aliphatic rings. The number of ether oxygens (including phenoxy) is 1. The third kappa shape index (κ3) is 3.91. The van der Waals surface area contributed by atoms with Crippen LogP contribution in [0.15, 0.2) is 34.7 Å². The second kappa shape index (κ2) is 7.72. The van der Waals surface area contributed by atoms with Gasteiger partial charge in [0.1, 0.15) is 0 Å². The van der Waals surface area contributed by atoms with Gasteiger partial charge in [0.15, 0.2) is 0 Å². The van der Waals surface area contributed by atoms with E-state index < -0.39 is 0 Å². The minimum atomic E-state index is -0.0819. The van der Waals surface area contributed by atoms with E-state index in [0.717, 1.165) is 31.5 Å². The molecule has 1 fully saturated rings. The summed E-state index contributed by atoms with van der Waals surface area (Å²) < 4.78 is 12.4. The van der Waals surface area contributed by atoms with Gasteiger partial charge in [-0.15, -0.1) is 5.10 Å². The molecule has 0 unspecified atom stereocenters. The van der Waals surface area contributed by atoms with Gasteiger partial charge in [0.05, 0.1) is 19.2 Å². The van der Waals surface area contributed by atoms with Gasteiger partial charge < -0.3 is 9.15 Å². The smallest absolute Gasteiger partial charge is 0.309 e. The molecule has 0 N–H and O–H groups in total. The van der Waals surface area contributed by atoms with E-state index in [1.807, 2.05) is 37.3 Å². The third-order valence-corrected chi connectivity index (χ3v) is 4.46. The Kier molecular flexibility index (Phi) is 5.42. The van der Waals surface area contributed by atoms with Gasteiger partial charge in [-0.3, -0.25) is 9.69 Å². The van der Waals surface area contributed by atoms with Crippen molar-refractivity contribution in [1.29, 1.82) is 0 Å². The molecule has 1 aliphatic heterocycles. The number of esters is 1. The van der Waals surface area contributed by atoms with Gasteiger partial charge in [-0.1, -0.05) is 18.2 Å². The van der Waals surface area contributed by atoms with Crippen LogP contribution in [0.2, 0.25) is 0 Å². The van der Waals surface area contributed by atoms with Crippen LogP contribution in [0.5, 0.6) is 0 Å². The fourth-order valence-corrected chi connectivity index (χ4v) is 3.03. The lowest BCUT2D eigenvalue weighted by Gasteiger charge is -2.30. The number of benzene rings is 1. The maximum absolute atomic E-state index is 11.8. The van der Waals surface area contributed by atoms with Gasteiger partial charge in [0.25, 0.3) is 4.84 Å². The van der Waals surface area contributed by atoms with Crippen molar-refractivity contribution < 1.29 is 13.9 Å². The molecule has 2 aromatic rings. The number of hydrogen-bond donors (Lipinski definition) is 0. The van der Waals surface area contributed by atoms with Crippen molar-refractivity contribution >= 4 is 18.2 Å². The quantitative estimate of drug-likeness (QED) is 0.612. The molecule has 1 aromatic carbocycles. The minimum Gasteiger partial charge on any atom is -0.466 e. The summed E-state index contributed by atoms with van der Waals surface area (Å²) in [6, 6.07) is 9.70. The average Bonchev–Trinajstić information content (AvgIpc) is 2.97. The maximum Gasteiger partial charge on any atom is 0.309 e. The second-order valence-corrected chi connectivity index (χ2v) is 6.17. The van der Waals surface area contributed by atoms with Crippen molar-refractivity contribution in [2.75, 3.05) is 19.7 Å². The Morgan fingerprint density at radius 1 is 1.33 bits per heavy atom. The Hall–Kier alpha value is -1.99. The van der Waals surface area contributed by atoms with Crippen LogP contribution in [0.4, 0.5) is 0 Å². The van der Waals surface area contributed by atoms with E-state index in [1.54, 1.807) is 4.68 Å². The lowest BCUT2D eigenvalue weighted by Crippen LogP contribution is -2.38. The van der Waals surface area contributed by atoms with Gasteiger partial charge in [-0.25, -0.2) is 4.68 Å². The molecule has 24 heavy (non-hydrogen) atoms. The van der Waals surface area contributed by atoms with Crippen LogP contribution in [-0.2, 0) is 16.2 Å². The molecular formula is C17H21N3O3S. The summed E-state index contributed by atoms with van der Waals surface area (Å²) in [6.45, 7) is 4.49. The number of hydrogen-bond acceptors (Lipinski definition) is 6. The molecule has 128 valence electrons. The molecule has 1 aromatic heterocycles. The summed E-state index contributed by atoms with van der Waals surface area (Å²) >= 11 is 5.27. The average molecular weight is 347 g/mol. The van der Waals surface area contributed by atoms with E-state index in [4.69, 9.17) is 21.4 Å². The number of carbonyl (C=O) groups excluding carboxylic acids is 1. The van der Waals surface area contributed by atoms with Crippen molar-refractivity contribution in [2.24, 2.45) is 5.92 Å². The standard InChI is InChI=1S/C17H21N3O3S/c1-2-22-16(21)14-8-10-19(11-9-14)12-20-17(24)23-15(18-20)13-6-4-3-5-7-13/h3-7,14H,2,8-12H2,1H3. The molecule has 0 atom stereocenters. The number of carbonyl (C=O) groups is 1. The first kappa shape index (κ1) is 16.9. The zero-order valence-electron chi connectivity index (χ0n) is 13.7. The summed E-state index contributed by atoms with van der Waals surface area (Å²) in [6.07, 6.45) is 1.60. The van der Waals surface area contributed by atoms with Gasteiger partial charge in [0.2, 0.25) is 5.89 Å². The Balaban J connectivity index is 1.61. The topological polar surface area (TPSA) is 60.5 Å². The fraction of sp³-hybridized carbons (Fsp3) is 0.471. The van der Waals surface area contributed by atoms with Gasteiger partial charge in [-0.2, -0.15) is 0 Å². The highest BCUT2D eigenvalue weighted by Gasteiger charge is 2.26. The number of aromatic nitrogens is 2. The van der Waals surface area contributed by atoms with Gasteiger partial charge in [-0.05, 0) is 44.1 Å². The maximum atomic E-state index is 11.8. The first-order valence-electron chi connectivity index (χ1n) is 8.19. The lowest BCUT2D eigenvalue weighted by atomic mass is 9.97. The molecular weight excluding hydrogens is 326 g/mol. The molecule has 0 saturated carbocycles. The van der Waals surface area contributed by atoms with E-state index in [1.165, 1.54) is 0 Å². The van der Waals surface area contributed by atoms with E-state index in [0.29, 0.717) is 24.0 Å². The third-order valence-electron chi connectivity index (χ3n) is 4.17. The van der Waals surface area contributed by atoms with E-state index >= 15 is 0 Å². The highest BCUT2D eigenvalue weighted by atomic mass is 32.1. The van der Waals surface area contributed by atoms with Gasteiger partial charge >= 0.3 is 5.97 Å². The van der Waals surface area contributed by atoms with Crippen molar-refractivity contribution in [3.63, 3.8) is 0 Å². The van der Waals surface area contributed by atoms with Crippen LogP contribution in [0.25, 0.3) is 11.5 Å². The van der Waals surface area contributed by atoms with Crippen molar-refractivity contribution in [3.05, 3.63) is 35.2 Å². The zero-order valence-corrected chi connectivity index (χ0v) is 14.5. The first-order chi connectivity index (χ1) is 11.7. The molecule has 6 nitrogen and oxygen atoms in total. The van der Waals surface area contributed by atoms with Crippen LogP contribution in [0, 0.1) is 10.8 Å². The predicted octanol–water partition coefficient (Wildman–Crippen LogP) is 3.11. The Labute approximate surface area is 146 Å². The molecule has 0 radical (unpaired) electrons. The summed E-state index contributed by atoms with van der Waals surface area (Å²) in [7, 11) is 0. The van der Waals surface area contributed by atoms with Crippen LogP contribution in [0.1, 0.15) is 19.8 Å². The van der Waals surface area contributed by atoms with E-state index in [9.17, 15) is 4.79 Å². The lowest BCUT2D eigenvalue weighted by molar-refractivity contribution is -0.149. The molecule has 0 spiro atoms. The molecule has 0 aliphatic carbocycles. The zero-order chi connectivity index (χ0) is 16.9. The second-order valence-electron chi connectivity index (χ2n) is 5.82. The Morgan fingerprint density at radius 2 is 2.04 bits per heavy atom. The SMILES string of the molecule is CCOC(=O)C1CCN(Cn2nc(-c3ccccc3)oc2=S)CC1. The fourth-order valence-electron chi connectivity index (χ4n) is 2.85. The molecule has 0 amide bonds. The largest absolute Gasteiger partial charge is 0.466 e. The number of nitrogens with zero attached hydrogens (tertiary/aromatic N) is 3. The van der Waals surface area contributed by atoms with Gasteiger partial charge in [0, 0.05) is 18.7 Å². The minimum absolute atomic E-state index is 0.00589. The highest BCUT2D eigenvalue weighted by molar-refractivity contribution is 7.71. The number of piperidine rings is 1. The van der Waals surface area contributed by atoms with Crippen LogP contribution < -0.4 is 0 Å². The number of rotatable bonds is 5. The summed E-state index contributed by atoms with van der Waals surface area (Å²) in [5.74, 6) is 0.454. The summed E-state index contributed by atoms with van der Waals surface area (Å²) in [4.78, 5) is 14.4. The first-order valence-corrected chi connectivity index (χ1v) is 8.60. The summed E-state index contributed by atoms with van der Waals surface area (Å²) in [5, 5.41) is 4.47. The predicted molar refractivity (Wildman–Crippen MR) is 91.7 cm³/mol. The van der Waals surface area contributed by atoms with Crippen molar-refractivity contribution in [2.45, 2.75) is 26.4 Å². The normalized spacial score (nSPS) is 16.2. The number of likely N-dealkylation sites (tertiary alicyclic amines) is 1. The van der Waals surface area contributed by atoms with Crippen molar-refractivity contribution in [3.8, 4) is 11.5 Å². The molecule has 7 heteroatoms. The molecule has 1 saturated heterocycles. The summed E-state index contributed by atoms with van der Waals surface area (Å²) in [5.41, 5.74) is 0.906. The van der Waals surface area contributed by atoms with Crippen LogP contribution in [-0.4, -0.2) is 40.3 Å². The molecule has 3 rings (SSSR count).